The molecule has 34 heavy (non-hydrogen) atoms. The van der Waals surface area contributed by atoms with Gasteiger partial charge in [0, 0.05) is 17.8 Å². The van der Waals surface area contributed by atoms with Crippen molar-refractivity contribution < 1.29 is 14.3 Å². The number of benzene rings is 2. The number of thiophene rings is 1. The van der Waals surface area contributed by atoms with E-state index in [1.165, 1.54) is 6.08 Å². The number of carbonyl (C=O) groups is 2. The fourth-order valence-corrected chi connectivity index (χ4v) is 3.96. The maximum atomic E-state index is 12.2. The molecule has 7 nitrogen and oxygen atoms in total. The number of hydrogen-bond acceptors (Lipinski definition) is 6. The number of nitriles is 1. The lowest BCUT2D eigenvalue weighted by atomic mass is 10.2. The molecular weight excluding hydrogens is 448 g/mol. The molecule has 0 spiro atoms. The smallest absolute Gasteiger partial charge is 0.331 e. The Bertz CT molecular complexity index is 1350. The molecule has 2 aromatic heterocycles. The highest BCUT2D eigenvalue weighted by atomic mass is 32.1. The molecule has 0 saturated carbocycles. The van der Waals surface area contributed by atoms with Crippen molar-refractivity contribution in [1.29, 1.82) is 5.26 Å². The molecule has 1 amide bonds. The van der Waals surface area contributed by atoms with Crippen LogP contribution >= 0.6 is 11.3 Å². The molecule has 4 aromatic rings. The van der Waals surface area contributed by atoms with Crippen molar-refractivity contribution in [1.82, 2.24) is 9.78 Å². The molecular formula is C26H20N4O3S. The van der Waals surface area contributed by atoms with E-state index in [2.05, 4.69) is 5.32 Å². The van der Waals surface area contributed by atoms with Crippen molar-refractivity contribution >= 4 is 35.0 Å². The van der Waals surface area contributed by atoms with E-state index < -0.39 is 18.5 Å². The number of ether oxygens (including phenoxy) is 1. The third kappa shape index (κ3) is 5.85. The first-order valence-corrected chi connectivity index (χ1v) is 11.3. The van der Waals surface area contributed by atoms with Gasteiger partial charge in [-0.1, -0.05) is 48.5 Å². The molecule has 2 heterocycles. The standard InChI is InChI=1S/C26H20N4O3S/c27-15-20-9-4-5-10-22(20)28-24(31)18-33-25(32)13-12-21-17-30(16-19-7-2-1-3-8-19)29-26(21)23-11-6-14-34-23/h1-14,17H,16,18H2,(H,28,31)/b13-12+. The number of carbonyl (C=O) groups excluding carboxylic acids is 2. The third-order valence-electron chi connectivity index (χ3n) is 4.80. The SMILES string of the molecule is N#Cc1ccccc1NC(=O)COC(=O)/C=C/c1cn(Cc2ccccc2)nc1-c1cccs1. The van der Waals surface area contributed by atoms with Gasteiger partial charge in [0.25, 0.3) is 5.91 Å². The zero-order chi connectivity index (χ0) is 23.8. The quantitative estimate of drug-likeness (QED) is 0.298. The Kier molecular flexibility index (Phi) is 7.28. The van der Waals surface area contributed by atoms with Gasteiger partial charge in [-0.05, 0) is 35.2 Å². The van der Waals surface area contributed by atoms with Crippen LogP contribution in [0.1, 0.15) is 16.7 Å². The van der Waals surface area contributed by atoms with Crippen molar-refractivity contribution in [3.63, 3.8) is 0 Å². The number of rotatable bonds is 8. The van der Waals surface area contributed by atoms with Gasteiger partial charge in [0.05, 0.1) is 22.7 Å². The molecule has 168 valence electrons. The fraction of sp³-hybridized carbons (Fsp3) is 0.0769. The van der Waals surface area contributed by atoms with Crippen LogP contribution in [0.3, 0.4) is 0 Å². The maximum Gasteiger partial charge on any atom is 0.331 e. The molecule has 0 radical (unpaired) electrons. The average Bonchev–Trinajstić information content (AvgIpc) is 3.52. The van der Waals surface area contributed by atoms with Gasteiger partial charge in [-0.25, -0.2) is 4.79 Å². The van der Waals surface area contributed by atoms with E-state index in [-0.39, 0.29) is 0 Å². The first-order valence-electron chi connectivity index (χ1n) is 10.4. The van der Waals surface area contributed by atoms with Gasteiger partial charge in [-0.2, -0.15) is 10.4 Å². The van der Waals surface area contributed by atoms with Crippen molar-refractivity contribution in [2.75, 3.05) is 11.9 Å². The molecule has 0 aliphatic carbocycles. The lowest BCUT2D eigenvalue weighted by molar-refractivity contribution is -0.142. The molecule has 0 aliphatic heterocycles. The number of para-hydroxylation sites is 1. The van der Waals surface area contributed by atoms with Crippen LogP contribution in [-0.2, 0) is 20.9 Å². The zero-order valence-corrected chi connectivity index (χ0v) is 18.9. The summed E-state index contributed by atoms with van der Waals surface area (Å²) in [5.41, 5.74) is 3.34. The van der Waals surface area contributed by atoms with E-state index in [0.29, 0.717) is 17.8 Å². The lowest BCUT2D eigenvalue weighted by Gasteiger charge is -2.06. The van der Waals surface area contributed by atoms with Gasteiger partial charge >= 0.3 is 5.97 Å². The summed E-state index contributed by atoms with van der Waals surface area (Å²) in [5.74, 6) is -1.18. The molecule has 0 fully saturated rings. The van der Waals surface area contributed by atoms with Crippen LogP contribution in [0, 0.1) is 11.3 Å². The summed E-state index contributed by atoms with van der Waals surface area (Å²) in [6.45, 7) is 0.135. The molecule has 2 aromatic carbocycles. The Morgan fingerprint density at radius 1 is 1.09 bits per heavy atom. The second-order valence-corrected chi connectivity index (χ2v) is 8.19. The van der Waals surface area contributed by atoms with Crippen LogP contribution in [0.5, 0.6) is 0 Å². The first-order chi connectivity index (χ1) is 16.6. The minimum absolute atomic E-state index is 0.329. The molecule has 0 aliphatic rings. The van der Waals surface area contributed by atoms with E-state index in [9.17, 15) is 9.59 Å². The normalized spacial score (nSPS) is 10.7. The number of hydrogen-bond donors (Lipinski definition) is 1. The van der Waals surface area contributed by atoms with Gasteiger partial charge in [0.2, 0.25) is 0 Å². The topological polar surface area (TPSA) is 97.0 Å². The third-order valence-corrected chi connectivity index (χ3v) is 5.67. The predicted octanol–water partition coefficient (Wildman–Crippen LogP) is 4.73. The Morgan fingerprint density at radius 2 is 1.88 bits per heavy atom. The number of aromatic nitrogens is 2. The van der Waals surface area contributed by atoms with E-state index in [4.69, 9.17) is 15.1 Å². The monoisotopic (exact) mass is 468 g/mol. The van der Waals surface area contributed by atoms with Crippen LogP contribution < -0.4 is 5.32 Å². The van der Waals surface area contributed by atoms with Crippen molar-refractivity contribution in [3.05, 3.63) is 101 Å². The minimum Gasteiger partial charge on any atom is -0.452 e. The van der Waals surface area contributed by atoms with Gasteiger partial charge in [0.1, 0.15) is 11.8 Å². The molecule has 0 saturated heterocycles. The summed E-state index contributed by atoms with van der Waals surface area (Å²) < 4.78 is 6.89. The summed E-state index contributed by atoms with van der Waals surface area (Å²) in [4.78, 5) is 25.3. The Balaban J connectivity index is 1.41. The number of esters is 1. The molecule has 0 bridgehead atoms. The van der Waals surface area contributed by atoms with Gasteiger partial charge in [0.15, 0.2) is 6.61 Å². The summed E-state index contributed by atoms with van der Waals surface area (Å²) in [6.07, 6.45) is 4.78. The average molecular weight is 469 g/mol. The van der Waals surface area contributed by atoms with Crippen molar-refractivity contribution in [2.45, 2.75) is 6.54 Å². The second-order valence-electron chi connectivity index (χ2n) is 7.24. The van der Waals surface area contributed by atoms with E-state index in [1.807, 2.05) is 64.8 Å². The number of anilines is 1. The molecule has 0 atom stereocenters. The largest absolute Gasteiger partial charge is 0.452 e. The van der Waals surface area contributed by atoms with Gasteiger partial charge in [-0.15, -0.1) is 11.3 Å². The van der Waals surface area contributed by atoms with Crippen molar-refractivity contribution in [2.24, 2.45) is 0 Å². The van der Waals surface area contributed by atoms with Crippen LogP contribution in [0.15, 0.2) is 84.4 Å². The maximum absolute atomic E-state index is 12.2. The Labute approximate surface area is 200 Å². The van der Waals surface area contributed by atoms with Gasteiger partial charge in [-0.3, -0.25) is 9.48 Å². The molecule has 1 N–H and O–H groups in total. The van der Waals surface area contributed by atoms with Crippen LogP contribution in [0.25, 0.3) is 16.6 Å². The van der Waals surface area contributed by atoms with E-state index in [1.54, 1.807) is 41.7 Å². The lowest BCUT2D eigenvalue weighted by Crippen LogP contribution is -2.20. The number of amides is 1. The van der Waals surface area contributed by atoms with Gasteiger partial charge < -0.3 is 10.1 Å². The highest BCUT2D eigenvalue weighted by molar-refractivity contribution is 7.13. The molecule has 4 rings (SSSR count). The Hall–Kier alpha value is -4.48. The minimum atomic E-state index is -0.656. The fourth-order valence-electron chi connectivity index (χ4n) is 3.23. The van der Waals surface area contributed by atoms with E-state index in [0.717, 1.165) is 21.7 Å². The summed E-state index contributed by atoms with van der Waals surface area (Å²) in [7, 11) is 0. The first kappa shape index (κ1) is 22.7. The summed E-state index contributed by atoms with van der Waals surface area (Å²) in [6, 6.07) is 22.5. The van der Waals surface area contributed by atoms with Crippen LogP contribution in [0.4, 0.5) is 5.69 Å². The van der Waals surface area contributed by atoms with Crippen LogP contribution in [-0.4, -0.2) is 28.3 Å². The van der Waals surface area contributed by atoms with Crippen LogP contribution in [0.2, 0.25) is 0 Å². The zero-order valence-electron chi connectivity index (χ0n) is 18.0. The summed E-state index contributed by atoms with van der Waals surface area (Å²) >= 11 is 1.56. The molecule has 0 unspecified atom stereocenters. The van der Waals surface area contributed by atoms with Crippen molar-refractivity contribution in [3.8, 4) is 16.6 Å². The predicted molar refractivity (Wildman–Crippen MR) is 131 cm³/mol. The Morgan fingerprint density at radius 3 is 2.65 bits per heavy atom. The highest BCUT2D eigenvalue weighted by Crippen LogP contribution is 2.27. The molecule has 8 heteroatoms. The van der Waals surface area contributed by atoms with E-state index >= 15 is 0 Å². The second kappa shape index (κ2) is 10.9. The highest BCUT2D eigenvalue weighted by Gasteiger charge is 2.12. The number of nitrogens with zero attached hydrogens (tertiary/aromatic N) is 3. The summed E-state index contributed by atoms with van der Waals surface area (Å²) in [5, 5.41) is 18.3. The number of nitrogens with one attached hydrogen (secondary N) is 1.